The summed E-state index contributed by atoms with van der Waals surface area (Å²) in [6.07, 6.45) is 0. The predicted octanol–water partition coefficient (Wildman–Crippen LogP) is 4.59. The zero-order valence-electron chi connectivity index (χ0n) is 11.1. The van der Waals surface area contributed by atoms with Crippen LogP contribution in [0.5, 0.6) is 0 Å². The molecule has 2 aromatic rings. The van der Waals surface area contributed by atoms with Gasteiger partial charge in [0.05, 0.1) is 5.02 Å². The summed E-state index contributed by atoms with van der Waals surface area (Å²) in [5.74, 6) is 0.346. The lowest BCUT2D eigenvalue weighted by Crippen LogP contribution is -2.32. The first kappa shape index (κ1) is 15.4. The molecule has 0 aliphatic carbocycles. The molecule has 5 heteroatoms. The molecule has 20 heavy (non-hydrogen) atoms. The summed E-state index contributed by atoms with van der Waals surface area (Å²) in [5, 5.41) is 2.45. The topological polar surface area (TPSA) is 20.3 Å². The van der Waals surface area contributed by atoms with Crippen molar-refractivity contribution < 1.29 is 4.79 Å². The molecule has 0 saturated carbocycles. The third kappa shape index (κ3) is 3.54. The number of carbonyl (C=O) groups excluding carboxylic acids is 1. The summed E-state index contributed by atoms with van der Waals surface area (Å²) in [6, 6.07) is 9.87. The Morgan fingerprint density at radius 1 is 1.30 bits per heavy atom. The molecule has 1 aromatic heterocycles. The maximum Gasteiger partial charge on any atom is 0.265 e. The van der Waals surface area contributed by atoms with Crippen molar-refractivity contribution in [3.05, 3.63) is 56.7 Å². The highest BCUT2D eigenvalue weighted by Gasteiger charge is 2.21. The number of halogens is 2. The molecule has 0 bridgehead atoms. The molecule has 0 saturated heterocycles. The second-order valence-electron chi connectivity index (χ2n) is 4.46. The third-order valence-corrected chi connectivity index (χ3v) is 4.81. The number of amides is 1. The van der Waals surface area contributed by atoms with Crippen molar-refractivity contribution in [2.75, 3.05) is 12.4 Å². The molecule has 0 atom stereocenters. The monoisotopic (exact) mass is 327 g/mol. The minimum absolute atomic E-state index is 0.0578. The van der Waals surface area contributed by atoms with Gasteiger partial charge >= 0.3 is 0 Å². The van der Waals surface area contributed by atoms with E-state index < -0.39 is 0 Å². The highest BCUT2D eigenvalue weighted by atomic mass is 35.5. The molecule has 0 N–H and O–H groups in total. The zero-order chi connectivity index (χ0) is 14.5. The van der Waals surface area contributed by atoms with Crippen LogP contribution in [0.2, 0.25) is 5.02 Å². The molecule has 0 radical (unpaired) electrons. The normalized spacial score (nSPS) is 10.6. The van der Waals surface area contributed by atoms with Gasteiger partial charge in [0.1, 0.15) is 4.88 Å². The largest absolute Gasteiger partial charge is 0.332 e. The van der Waals surface area contributed by atoms with Gasteiger partial charge in [-0.05, 0) is 23.4 Å². The van der Waals surface area contributed by atoms with E-state index in [1.54, 1.807) is 4.90 Å². The van der Waals surface area contributed by atoms with Gasteiger partial charge in [-0.2, -0.15) is 0 Å². The van der Waals surface area contributed by atoms with E-state index in [4.69, 9.17) is 23.2 Å². The van der Waals surface area contributed by atoms with Crippen molar-refractivity contribution in [1.82, 2.24) is 4.90 Å². The number of alkyl halides is 1. The van der Waals surface area contributed by atoms with Gasteiger partial charge in [-0.1, -0.05) is 41.9 Å². The smallest absolute Gasteiger partial charge is 0.265 e. The van der Waals surface area contributed by atoms with Crippen LogP contribution in [-0.4, -0.2) is 23.2 Å². The van der Waals surface area contributed by atoms with Gasteiger partial charge in [0, 0.05) is 19.0 Å². The molecular formula is C15H15Cl2NOS. The number of benzene rings is 1. The van der Waals surface area contributed by atoms with E-state index in [1.807, 2.05) is 42.6 Å². The lowest BCUT2D eigenvalue weighted by molar-refractivity contribution is 0.0758. The Labute approximate surface area is 132 Å². The van der Waals surface area contributed by atoms with E-state index >= 15 is 0 Å². The van der Waals surface area contributed by atoms with E-state index in [2.05, 4.69) is 0 Å². The molecule has 1 aromatic carbocycles. The van der Waals surface area contributed by atoms with Crippen LogP contribution in [0.15, 0.2) is 35.7 Å². The second-order valence-corrected chi connectivity index (χ2v) is 6.10. The average Bonchev–Trinajstić information content (AvgIpc) is 2.79. The van der Waals surface area contributed by atoms with Crippen LogP contribution in [-0.2, 0) is 6.54 Å². The first-order valence-corrected chi connectivity index (χ1v) is 8.05. The van der Waals surface area contributed by atoms with Crippen molar-refractivity contribution >= 4 is 40.4 Å². The van der Waals surface area contributed by atoms with Crippen LogP contribution in [0.1, 0.15) is 20.8 Å². The maximum atomic E-state index is 12.6. The van der Waals surface area contributed by atoms with E-state index in [1.165, 1.54) is 11.3 Å². The molecule has 0 aliphatic heterocycles. The van der Waals surface area contributed by atoms with Crippen LogP contribution in [0.4, 0.5) is 0 Å². The Kier molecular flexibility index (Phi) is 5.46. The molecule has 106 valence electrons. The summed E-state index contributed by atoms with van der Waals surface area (Å²) >= 11 is 13.4. The average molecular weight is 328 g/mol. The number of aryl methyl sites for hydroxylation is 1. The van der Waals surface area contributed by atoms with E-state index in [9.17, 15) is 4.79 Å². The Balaban J connectivity index is 2.20. The van der Waals surface area contributed by atoms with Crippen molar-refractivity contribution in [3.8, 4) is 0 Å². The number of hydrogen-bond acceptors (Lipinski definition) is 2. The van der Waals surface area contributed by atoms with Gasteiger partial charge in [-0.15, -0.1) is 22.9 Å². The molecule has 2 nitrogen and oxygen atoms in total. The lowest BCUT2D eigenvalue weighted by atomic mass is 10.2. The summed E-state index contributed by atoms with van der Waals surface area (Å²) in [4.78, 5) is 14.9. The van der Waals surface area contributed by atoms with Crippen LogP contribution in [0.3, 0.4) is 0 Å². The predicted molar refractivity (Wildman–Crippen MR) is 86.0 cm³/mol. The fourth-order valence-corrected chi connectivity index (χ4v) is 3.32. The Morgan fingerprint density at radius 3 is 2.55 bits per heavy atom. The fourth-order valence-electron chi connectivity index (χ4n) is 1.88. The summed E-state index contributed by atoms with van der Waals surface area (Å²) < 4.78 is 0. The first-order chi connectivity index (χ1) is 9.63. The fraction of sp³-hybridized carbons (Fsp3) is 0.267. The van der Waals surface area contributed by atoms with Crippen LogP contribution < -0.4 is 0 Å². The van der Waals surface area contributed by atoms with Crippen molar-refractivity contribution in [2.24, 2.45) is 0 Å². The molecule has 0 fully saturated rings. The Bertz CT molecular complexity index is 583. The Hall–Kier alpha value is -1.03. The molecule has 0 spiro atoms. The van der Waals surface area contributed by atoms with Crippen LogP contribution in [0, 0.1) is 6.92 Å². The van der Waals surface area contributed by atoms with E-state index in [0.29, 0.717) is 28.9 Å². The van der Waals surface area contributed by atoms with Gasteiger partial charge in [-0.25, -0.2) is 0 Å². The zero-order valence-corrected chi connectivity index (χ0v) is 13.4. The third-order valence-electron chi connectivity index (χ3n) is 2.95. The quantitative estimate of drug-likeness (QED) is 0.735. The molecule has 1 heterocycles. The minimum Gasteiger partial charge on any atom is -0.332 e. The number of hydrogen-bond donors (Lipinski definition) is 0. The van der Waals surface area contributed by atoms with E-state index in [-0.39, 0.29) is 5.91 Å². The van der Waals surface area contributed by atoms with Crippen LogP contribution in [0.25, 0.3) is 0 Å². The standard InChI is InChI=1S/C15H15Cl2NOS/c1-11-10-20-14(13(11)17)15(19)18(8-7-16)9-12-5-3-2-4-6-12/h2-6,10H,7-9H2,1H3. The number of nitrogens with zero attached hydrogens (tertiary/aromatic N) is 1. The molecular weight excluding hydrogens is 313 g/mol. The molecule has 0 aliphatic rings. The van der Waals surface area contributed by atoms with Gasteiger partial charge in [0.25, 0.3) is 5.91 Å². The molecule has 1 amide bonds. The first-order valence-electron chi connectivity index (χ1n) is 6.26. The Morgan fingerprint density at radius 2 is 2.00 bits per heavy atom. The molecule has 0 unspecified atom stereocenters. The highest BCUT2D eigenvalue weighted by Crippen LogP contribution is 2.28. The van der Waals surface area contributed by atoms with Gasteiger partial charge in [-0.3, -0.25) is 4.79 Å². The number of carbonyl (C=O) groups is 1. The highest BCUT2D eigenvalue weighted by molar-refractivity contribution is 7.13. The second kappa shape index (κ2) is 7.11. The lowest BCUT2D eigenvalue weighted by Gasteiger charge is -2.21. The molecule has 2 rings (SSSR count). The number of thiophene rings is 1. The summed E-state index contributed by atoms with van der Waals surface area (Å²) in [7, 11) is 0. The number of rotatable bonds is 5. The summed E-state index contributed by atoms with van der Waals surface area (Å²) in [5.41, 5.74) is 2.01. The van der Waals surface area contributed by atoms with E-state index in [0.717, 1.165) is 11.1 Å². The van der Waals surface area contributed by atoms with Crippen molar-refractivity contribution in [3.63, 3.8) is 0 Å². The minimum atomic E-state index is -0.0578. The van der Waals surface area contributed by atoms with Crippen LogP contribution >= 0.6 is 34.5 Å². The maximum absolute atomic E-state index is 12.6. The van der Waals surface area contributed by atoms with Gasteiger partial charge in [0.2, 0.25) is 0 Å². The van der Waals surface area contributed by atoms with Gasteiger partial charge in [0.15, 0.2) is 0 Å². The SMILES string of the molecule is Cc1csc(C(=O)N(CCCl)Cc2ccccc2)c1Cl. The van der Waals surface area contributed by atoms with Crippen molar-refractivity contribution in [1.29, 1.82) is 0 Å². The summed E-state index contributed by atoms with van der Waals surface area (Å²) in [6.45, 7) is 2.95. The van der Waals surface area contributed by atoms with Crippen molar-refractivity contribution in [2.45, 2.75) is 13.5 Å². The van der Waals surface area contributed by atoms with Gasteiger partial charge < -0.3 is 4.90 Å².